The Kier molecular flexibility index (Phi) is 12.3. The number of thioether (sulfide) groups is 1. The molecule has 2 rings (SSSR count). The molecule has 6 atom stereocenters. The first-order valence-corrected chi connectivity index (χ1v) is 12.7. The average molecular weight is 501 g/mol. The molecule has 2 saturated heterocycles. The standard InChI is InChI=1S/C20H36N8O5S/c21-12(5-3-4-8-25-28-22)19(32)24-10-15(30)14(29)9-23-17(31)7-2-1-6-16-18-13(11-34-16)26-20(33)27-18/h12-16,18,29-30H,1-11,21H2,(H,23,31)(H,24,32)(H2,26,27,33). The molecule has 0 aliphatic carbocycles. The van der Waals surface area contributed by atoms with Gasteiger partial charge in [0.15, 0.2) is 0 Å². The van der Waals surface area contributed by atoms with E-state index in [1.54, 1.807) is 0 Å². The summed E-state index contributed by atoms with van der Waals surface area (Å²) in [6.45, 7) is 0.0372. The molecule has 34 heavy (non-hydrogen) atoms. The molecular formula is C20H36N8O5S. The van der Waals surface area contributed by atoms with Crippen molar-refractivity contribution >= 4 is 29.6 Å². The van der Waals surface area contributed by atoms with Crippen LogP contribution in [0.15, 0.2) is 5.11 Å². The molecule has 0 bridgehead atoms. The van der Waals surface area contributed by atoms with E-state index in [9.17, 15) is 24.6 Å². The number of aliphatic hydroxyl groups excluding tert-OH is 2. The van der Waals surface area contributed by atoms with Gasteiger partial charge in [-0.15, -0.1) is 0 Å². The van der Waals surface area contributed by atoms with Crippen LogP contribution in [0.3, 0.4) is 0 Å². The van der Waals surface area contributed by atoms with Gasteiger partial charge in [-0.3, -0.25) is 9.59 Å². The van der Waals surface area contributed by atoms with Crippen LogP contribution in [0.2, 0.25) is 0 Å². The molecule has 13 nitrogen and oxygen atoms in total. The Labute approximate surface area is 203 Å². The van der Waals surface area contributed by atoms with Gasteiger partial charge in [0.2, 0.25) is 11.8 Å². The molecule has 192 valence electrons. The van der Waals surface area contributed by atoms with Crippen LogP contribution in [0.4, 0.5) is 4.79 Å². The molecule has 4 amide bonds. The summed E-state index contributed by atoms with van der Waals surface area (Å²) in [5.41, 5.74) is 14.0. The molecule has 2 aliphatic heterocycles. The van der Waals surface area contributed by atoms with Crippen molar-refractivity contribution in [1.82, 2.24) is 21.3 Å². The molecule has 0 aromatic heterocycles. The largest absolute Gasteiger partial charge is 0.389 e. The number of urea groups is 1. The van der Waals surface area contributed by atoms with E-state index in [0.717, 1.165) is 18.6 Å². The third-order valence-electron chi connectivity index (χ3n) is 5.94. The number of nitrogens with zero attached hydrogens (tertiary/aromatic N) is 3. The Bertz CT molecular complexity index is 738. The highest BCUT2D eigenvalue weighted by Crippen LogP contribution is 2.33. The highest BCUT2D eigenvalue weighted by atomic mass is 32.2. The van der Waals surface area contributed by atoms with Gasteiger partial charge in [0.05, 0.1) is 30.3 Å². The number of carbonyl (C=O) groups excluding carboxylic acids is 3. The zero-order chi connectivity index (χ0) is 24.9. The van der Waals surface area contributed by atoms with Gasteiger partial charge >= 0.3 is 6.03 Å². The Hall–Kier alpha value is -2.25. The van der Waals surface area contributed by atoms with E-state index in [1.165, 1.54) is 0 Å². The lowest BCUT2D eigenvalue weighted by atomic mass is 10.0. The van der Waals surface area contributed by atoms with Crippen LogP contribution < -0.4 is 27.0 Å². The molecule has 14 heteroatoms. The zero-order valence-electron chi connectivity index (χ0n) is 19.2. The lowest BCUT2D eigenvalue weighted by Crippen LogP contribution is -2.48. The Balaban J connectivity index is 1.51. The maximum atomic E-state index is 12.0. The molecule has 0 spiro atoms. The van der Waals surface area contributed by atoms with E-state index in [2.05, 4.69) is 31.3 Å². The Morgan fingerprint density at radius 1 is 1.18 bits per heavy atom. The van der Waals surface area contributed by atoms with Crippen LogP contribution in [-0.2, 0) is 9.59 Å². The van der Waals surface area contributed by atoms with Crippen LogP contribution in [0.1, 0.15) is 44.9 Å². The summed E-state index contributed by atoms with van der Waals surface area (Å²) in [5, 5.41) is 34.8. The van der Waals surface area contributed by atoms with E-state index < -0.39 is 24.2 Å². The second kappa shape index (κ2) is 14.9. The smallest absolute Gasteiger partial charge is 0.315 e. The summed E-state index contributed by atoms with van der Waals surface area (Å²) in [6, 6.07) is -0.525. The van der Waals surface area contributed by atoms with Crippen molar-refractivity contribution in [2.24, 2.45) is 10.8 Å². The third-order valence-corrected chi connectivity index (χ3v) is 7.45. The fourth-order valence-corrected chi connectivity index (χ4v) is 5.46. The number of aliphatic hydroxyl groups is 2. The molecule has 8 N–H and O–H groups in total. The SMILES string of the molecule is [N-]=[N+]=NCCCCC(N)C(=O)NCC(O)C(O)CNC(=O)CCCCC1SCC2NC(=O)NC21. The minimum atomic E-state index is -1.25. The lowest BCUT2D eigenvalue weighted by molar-refractivity contribution is -0.124. The lowest BCUT2D eigenvalue weighted by Gasteiger charge is -2.20. The second-order valence-electron chi connectivity index (χ2n) is 8.61. The number of unbranched alkanes of at least 4 members (excludes halogenated alkanes) is 2. The molecule has 2 fully saturated rings. The number of carbonyl (C=O) groups is 3. The monoisotopic (exact) mass is 500 g/mol. The van der Waals surface area contributed by atoms with Gasteiger partial charge in [0.25, 0.3) is 0 Å². The molecule has 0 aromatic carbocycles. The molecule has 0 aromatic rings. The van der Waals surface area contributed by atoms with Gasteiger partial charge in [0.1, 0.15) is 0 Å². The minimum Gasteiger partial charge on any atom is -0.389 e. The molecule has 0 radical (unpaired) electrons. The summed E-state index contributed by atoms with van der Waals surface area (Å²) >= 11 is 1.84. The highest BCUT2D eigenvalue weighted by molar-refractivity contribution is 8.00. The summed E-state index contributed by atoms with van der Waals surface area (Å²) in [4.78, 5) is 38.0. The van der Waals surface area contributed by atoms with Gasteiger partial charge in [-0.25, -0.2) is 4.79 Å². The zero-order valence-corrected chi connectivity index (χ0v) is 20.0. The summed E-state index contributed by atoms with van der Waals surface area (Å²) in [7, 11) is 0. The molecule has 2 aliphatic rings. The number of nitrogens with one attached hydrogen (secondary N) is 4. The number of hydrogen-bond acceptors (Lipinski definition) is 8. The van der Waals surface area contributed by atoms with Crippen molar-refractivity contribution in [2.45, 2.75) is 80.5 Å². The van der Waals surface area contributed by atoms with Crippen molar-refractivity contribution in [3.8, 4) is 0 Å². The van der Waals surface area contributed by atoms with Crippen LogP contribution in [-0.4, -0.2) is 89.0 Å². The predicted molar refractivity (Wildman–Crippen MR) is 128 cm³/mol. The number of fused-ring (bicyclic) bond motifs is 1. The van der Waals surface area contributed by atoms with Crippen LogP contribution in [0, 0.1) is 0 Å². The van der Waals surface area contributed by atoms with Gasteiger partial charge in [-0.05, 0) is 31.2 Å². The third kappa shape index (κ3) is 9.55. The fourth-order valence-electron chi connectivity index (χ4n) is 3.91. The molecule has 0 saturated carbocycles. The predicted octanol–water partition coefficient (Wildman–Crippen LogP) is -0.526. The first kappa shape index (κ1) is 28.0. The van der Waals surface area contributed by atoms with E-state index in [4.69, 9.17) is 11.3 Å². The maximum Gasteiger partial charge on any atom is 0.315 e. The van der Waals surface area contributed by atoms with Gasteiger partial charge < -0.3 is 37.2 Å². The minimum absolute atomic E-state index is 0.110. The molecule has 6 unspecified atom stereocenters. The van der Waals surface area contributed by atoms with Crippen molar-refractivity contribution in [2.75, 3.05) is 25.4 Å². The quantitative estimate of drug-likeness (QED) is 0.0483. The number of rotatable bonds is 16. The first-order valence-electron chi connectivity index (χ1n) is 11.7. The summed E-state index contributed by atoms with van der Waals surface area (Å²) in [6.07, 6.45) is 1.96. The summed E-state index contributed by atoms with van der Waals surface area (Å²) < 4.78 is 0. The molecular weight excluding hydrogens is 464 g/mol. The summed E-state index contributed by atoms with van der Waals surface area (Å²) in [5.74, 6) is 0.240. The van der Waals surface area contributed by atoms with Crippen molar-refractivity contribution in [3.63, 3.8) is 0 Å². The normalized spacial score (nSPS) is 23.6. The van der Waals surface area contributed by atoms with E-state index in [1.807, 2.05) is 11.8 Å². The highest BCUT2D eigenvalue weighted by Gasteiger charge is 2.42. The van der Waals surface area contributed by atoms with E-state index in [-0.39, 0.29) is 37.1 Å². The van der Waals surface area contributed by atoms with Gasteiger partial charge in [0, 0.05) is 42.0 Å². The number of hydrogen-bond donors (Lipinski definition) is 7. The topological polar surface area (TPSA) is 215 Å². The van der Waals surface area contributed by atoms with Crippen molar-refractivity contribution in [1.29, 1.82) is 0 Å². The van der Waals surface area contributed by atoms with Crippen LogP contribution >= 0.6 is 11.8 Å². The van der Waals surface area contributed by atoms with Crippen molar-refractivity contribution in [3.05, 3.63) is 10.4 Å². The molecule has 2 heterocycles. The number of nitrogens with two attached hydrogens (primary N) is 1. The number of amides is 4. The van der Waals surface area contributed by atoms with Crippen LogP contribution in [0.25, 0.3) is 10.4 Å². The van der Waals surface area contributed by atoms with E-state index >= 15 is 0 Å². The Morgan fingerprint density at radius 2 is 1.91 bits per heavy atom. The van der Waals surface area contributed by atoms with Gasteiger partial charge in [-0.2, -0.15) is 11.8 Å². The Morgan fingerprint density at radius 3 is 2.65 bits per heavy atom. The second-order valence-corrected chi connectivity index (χ2v) is 9.88. The first-order chi connectivity index (χ1) is 16.3. The number of azide groups is 1. The average Bonchev–Trinajstić information content (AvgIpc) is 3.37. The maximum absolute atomic E-state index is 12.0. The van der Waals surface area contributed by atoms with Crippen LogP contribution in [0.5, 0.6) is 0 Å². The van der Waals surface area contributed by atoms with E-state index in [0.29, 0.717) is 43.9 Å². The van der Waals surface area contributed by atoms with Gasteiger partial charge in [-0.1, -0.05) is 18.0 Å². The van der Waals surface area contributed by atoms with Crippen molar-refractivity contribution < 1.29 is 24.6 Å². The fraction of sp³-hybridized carbons (Fsp3) is 0.850.